The van der Waals surface area contributed by atoms with Crippen molar-refractivity contribution in [1.29, 1.82) is 0 Å². The minimum absolute atomic E-state index is 0.00116. The van der Waals surface area contributed by atoms with Crippen molar-refractivity contribution in [3.63, 3.8) is 0 Å². The lowest BCUT2D eigenvalue weighted by molar-refractivity contribution is -0.150. The van der Waals surface area contributed by atoms with Gasteiger partial charge in [-0.15, -0.1) is 11.8 Å². The van der Waals surface area contributed by atoms with E-state index < -0.39 is 35.2 Å². The van der Waals surface area contributed by atoms with Crippen molar-refractivity contribution < 1.29 is 19.5 Å². The standard InChI is InChI=1S/C16H16ClN3O4S/c1-7-6-25-15-11(14(22)20(15)12(7)16(23)24)19-13(21)10(18)8-2-4-9(17)5-3-8/h2-5,10-11,15H,6,18H2,1H3,(H,19,21)(H,23,24)/t10?,11?,15-/m0/s1. The van der Waals surface area contributed by atoms with Crippen LogP contribution in [0.3, 0.4) is 0 Å². The van der Waals surface area contributed by atoms with Crippen LogP contribution in [-0.2, 0) is 14.4 Å². The van der Waals surface area contributed by atoms with Crippen molar-refractivity contribution in [2.75, 3.05) is 5.75 Å². The first kappa shape index (κ1) is 17.8. The quantitative estimate of drug-likeness (QED) is 0.673. The van der Waals surface area contributed by atoms with Crippen LogP contribution in [0.15, 0.2) is 35.5 Å². The van der Waals surface area contributed by atoms with Crippen LogP contribution in [0.2, 0.25) is 5.02 Å². The molecule has 1 saturated heterocycles. The fourth-order valence-electron chi connectivity index (χ4n) is 2.84. The summed E-state index contributed by atoms with van der Waals surface area (Å²) < 4.78 is 0. The SMILES string of the molecule is CC1=C(C(=O)O)N2C(=O)C(NC(=O)C(N)c3ccc(Cl)cc3)[C@@H]2SC1. The van der Waals surface area contributed by atoms with Crippen LogP contribution < -0.4 is 11.1 Å². The molecule has 0 aliphatic carbocycles. The van der Waals surface area contributed by atoms with Crippen molar-refractivity contribution >= 4 is 41.1 Å². The summed E-state index contributed by atoms with van der Waals surface area (Å²) in [6.07, 6.45) is 0. The van der Waals surface area contributed by atoms with E-state index >= 15 is 0 Å². The molecule has 2 aliphatic rings. The minimum atomic E-state index is -1.14. The summed E-state index contributed by atoms with van der Waals surface area (Å²) in [4.78, 5) is 37.3. The van der Waals surface area contributed by atoms with Gasteiger partial charge in [0, 0.05) is 10.8 Å². The van der Waals surface area contributed by atoms with E-state index in [-0.39, 0.29) is 5.70 Å². The number of rotatable bonds is 4. The van der Waals surface area contributed by atoms with Crippen LogP contribution in [-0.4, -0.2) is 45.0 Å². The summed E-state index contributed by atoms with van der Waals surface area (Å²) in [6.45, 7) is 1.68. The Hall–Kier alpha value is -2.03. The maximum Gasteiger partial charge on any atom is 0.352 e. The molecule has 0 aromatic heterocycles. The fraction of sp³-hybridized carbons (Fsp3) is 0.312. The van der Waals surface area contributed by atoms with Crippen LogP contribution in [0, 0.1) is 0 Å². The third-order valence-electron chi connectivity index (χ3n) is 4.17. The average Bonchev–Trinajstić information content (AvgIpc) is 2.58. The zero-order chi connectivity index (χ0) is 18.3. The number of carbonyl (C=O) groups is 3. The molecule has 0 spiro atoms. The number of benzene rings is 1. The summed E-state index contributed by atoms with van der Waals surface area (Å²) in [5.41, 5.74) is 7.14. The summed E-state index contributed by atoms with van der Waals surface area (Å²) in [5, 5.41) is 12.0. The second-order valence-electron chi connectivity index (χ2n) is 5.86. The molecule has 0 bridgehead atoms. The van der Waals surface area contributed by atoms with Gasteiger partial charge in [0.1, 0.15) is 23.2 Å². The van der Waals surface area contributed by atoms with Gasteiger partial charge in [-0.3, -0.25) is 14.5 Å². The van der Waals surface area contributed by atoms with E-state index in [1.165, 1.54) is 16.7 Å². The maximum absolute atomic E-state index is 12.4. The van der Waals surface area contributed by atoms with Crippen molar-refractivity contribution in [1.82, 2.24) is 10.2 Å². The summed E-state index contributed by atoms with van der Waals surface area (Å²) in [7, 11) is 0. The number of carboxylic acids is 1. The van der Waals surface area contributed by atoms with Gasteiger partial charge < -0.3 is 16.2 Å². The first-order chi connectivity index (χ1) is 11.8. The van der Waals surface area contributed by atoms with Gasteiger partial charge in [-0.05, 0) is 30.2 Å². The van der Waals surface area contributed by atoms with Crippen molar-refractivity contribution in [2.45, 2.75) is 24.4 Å². The highest BCUT2D eigenvalue weighted by Crippen LogP contribution is 2.40. The molecule has 1 fully saturated rings. The number of aliphatic carboxylic acids is 1. The Labute approximate surface area is 153 Å². The number of nitrogens with one attached hydrogen (secondary N) is 1. The lowest BCUT2D eigenvalue weighted by Gasteiger charge is -2.49. The Kier molecular flexibility index (Phi) is 4.77. The topological polar surface area (TPSA) is 113 Å². The maximum atomic E-state index is 12.4. The van der Waals surface area contributed by atoms with Crippen LogP contribution in [0.5, 0.6) is 0 Å². The van der Waals surface area contributed by atoms with Crippen LogP contribution in [0.1, 0.15) is 18.5 Å². The summed E-state index contributed by atoms with van der Waals surface area (Å²) >= 11 is 7.23. The number of carbonyl (C=O) groups excluding carboxylic acids is 2. The highest BCUT2D eigenvalue weighted by Gasteiger charge is 2.53. The Bertz CT molecular complexity index is 780. The third kappa shape index (κ3) is 3.12. The summed E-state index contributed by atoms with van der Waals surface area (Å²) in [5.74, 6) is -1.58. The van der Waals surface area contributed by atoms with E-state index in [2.05, 4.69) is 5.32 Å². The van der Waals surface area contributed by atoms with E-state index in [0.29, 0.717) is 21.9 Å². The normalized spacial score (nSPS) is 23.6. The number of halogens is 1. The minimum Gasteiger partial charge on any atom is -0.477 e. The molecule has 2 amide bonds. The molecule has 3 atom stereocenters. The lowest BCUT2D eigenvalue weighted by atomic mass is 10.0. The molecule has 1 aromatic rings. The molecule has 25 heavy (non-hydrogen) atoms. The predicted octanol–water partition coefficient (Wildman–Crippen LogP) is 1.10. The number of carboxylic acid groups (broad SMARTS) is 1. The Morgan fingerprint density at radius 2 is 2.04 bits per heavy atom. The van der Waals surface area contributed by atoms with Crippen LogP contribution in [0.25, 0.3) is 0 Å². The fourth-order valence-corrected chi connectivity index (χ4v) is 4.26. The van der Waals surface area contributed by atoms with E-state index in [1.807, 2.05) is 0 Å². The molecule has 9 heteroatoms. The van der Waals surface area contributed by atoms with Gasteiger partial charge >= 0.3 is 5.97 Å². The largest absolute Gasteiger partial charge is 0.477 e. The number of β-lactam (4-membered cyclic amide) rings is 1. The Balaban J connectivity index is 1.71. The van der Waals surface area contributed by atoms with Gasteiger partial charge in [-0.25, -0.2) is 4.79 Å². The van der Waals surface area contributed by atoms with Crippen molar-refractivity contribution in [3.8, 4) is 0 Å². The highest BCUT2D eigenvalue weighted by atomic mass is 35.5. The van der Waals surface area contributed by atoms with Crippen molar-refractivity contribution in [3.05, 3.63) is 46.1 Å². The first-order valence-electron chi connectivity index (χ1n) is 7.50. The van der Waals surface area contributed by atoms with Gasteiger partial charge in [-0.1, -0.05) is 23.7 Å². The highest BCUT2D eigenvalue weighted by molar-refractivity contribution is 8.00. The van der Waals surface area contributed by atoms with Crippen LogP contribution in [0.4, 0.5) is 0 Å². The zero-order valence-corrected chi connectivity index (χ0v) is 14.8. The number of hydrogen-bond donors (Lipinski definition) is 3. The monoisotopic (exact) mass is 381 g/mol. The molecule has 132 valence electrons. The average molecular weight is 382 g/mol. The smallest absolute Gasteiger partial charge is 0.352 e. The van der Waals surface area contributed by atoms with Gasteiger partial charge in [-0.2, -0.15) is 0 Å². The molecule has 2 heterocycles. The Morgan fingerprint density at radius 1 is 1.40 bits per heavy atom. The van der Waals surface area contributed by atoms with E-state index in [9.17, 15) is 19.5 Å². The van der Waals surface area contributed by atoms with Crippen molar-refractivity contribution in [2.24, 2.45) is 5.73 Å². The molecule has 3 rings (SSSR count). The number of nitrogens with zero attached hydrogens (tertiary/aromatic N) is 1. The number of hydrogen-bond acceptors (Lipinski definition) is 5. The van der Waals surface area contributed by atoms with E-state index in [4.69, 9.17) is 17.3 Å². The lowest BCUT2D eigenvalue weighted by Crippen LogP contribution is -2.71. The molecule has 7 nitrogen and oxygen atoms in total. The number of nitrogens with two attached hydrogens (primary N) is 1. The molecule has 0 radical (unpaired) electrons. The first-order valence-corrected chi connectivity index (χ1v) is 8.93. The Morgan fingerprint density at radius 3 is 2.64 bits per heavy atom. The van der Waals surface area contributed by atoms with E-state index in [0.717, 1.165) is 0 Å². The molecule has 4 N–H and O–H groups in total. The van der Waals surface area contributed by atoms with Gasteiger partial charge in [0.05, 0.1) is 0 Å². The molecule has 1 aromatic carbocycles. The second-order valence-corrected chi connectivity index (χ2v) is 7.40. The second kappa shape index (κ2) is 6.70. The number of fused-ring (bicyclic) bond motifs is 1. The zero-order valence-electron chi connectivity index (χ0n) is 13.2. The molecule has 2 aliphatic heterocycles. The van der Waals surface area contributed by atoms with Crippen LogP contribution >= 0.6 is 23.4 Å². The molecule has 2 unspecified atom stereocenters. The number of amides is 2. The molecular weight excluding hydrogens is 366 g/mol. The number of thioether (sulfide) groups is 1. The third-order valence-corrected chi connectivity index (χ3v) is 5.85. The van der Waals surface area contributed by atoms with E-state index in [1.54, 1.807) is 31.2 Å². The molecular formula is C16H16ClN3O4S. The van der Waals surface area contributed by atoms with Gasteiger partial charge in [0.25, 0.3) is 5.91 Å². The van der Waals surface area contributed by atoms with Gasteiger partial charge in [0.2, 0.25) is 5.91 Å². The predicted molar refractivity (Wildman–Crippen MR) is 93.7 cm³/mol. The molecule has 0 saturated carbocycles. The summed E-state index contributed by atoms with van der Waals surface area (Å²) in [6, 6.07) is 4.83. The van der Waals surface area contributed by atoms with Gasteiger partial charge in [0.15, 0.2) is 0 Å².